The average molecular weight is 292 g/mol. The molecule has 0 aliphatic carbocycles. The maximum absolute atomic E-state index is 12.2. The Kier molecular flexibility index (Phi) is 6.25. The van der Waals surface area contributed by atoms with Crippen molar-refractivity contribution in [3.8, 4) is 5.75 Å². The Morgan fingerprint density at radius 2 is 2.17 bits per heavy atom. The quantitative estimate of drug-likeness (QED) is 0.819. The number of benzene rings is 1. The van der Waals surface area contributed by atoms with Crippen molar-refractivity contribution >= 4 is 29.1 Å². The molecule has 4 nitrogen and oxygen atoms in total. The fourth-order valence-corrected chi connectivity index (χ4v) is 1.84. The van der Waals surface area contributed by atoms with Crippen LogP contribution in [0.25, 0.3) is 0 Å². The second-order valence-electron chi connectivity index (χ2n) is 3.64. The zero-order valence-corrected chi connectivity index (χ0v) is 11.5. The zero-order chi connectivity index (χ0) is 13.5. The van der Waals surface area contributed by atoms with Crippen LogP contribution in [0, 0.1) is 0 Å². The van der Waals surface area contributed by atoms with E-state index in [2.05, 4.69) is 0 Å². The van der Waals surface area contributed by atoms with Gasteiger partial charge in [0.2, 0.25) is 0 Å². The number of nitrogens with zero attached hydrogens (tertiary/aromatic N) is 1. The smallest absolute Gasteiger partial charge is 0.257 e. The molecule has 0 radical (unpaired) electrons. The van der Waals surface area contributed by atoms with Crippen LogP contribution < -0.4 is 0 Å². The Labute approximate surface area is 116 Å². The molecule has 0 saturated heterocycles. The molecule has 18 heavy (non-hydrogen) atoms. The number of phenolic OH excluding ortho intramolecular Hbond substituents is 1. The van der Waals surface area contributed by atoms with E-state index in [4.69, 9.17) is 27.9 Å². The molecular formula is C12H15Cl2NO3. The van der Waals surface area contributed by atoms with Crippen molar-refractivity contribution in [2.24, 2.45) is 0 Å². The van der Waals surface area contributed by atoms with Crippen molar-refractivity contribution in [2.45, 2.75) is 0 Å². The van der Waals surface area contributed by atoms with E-state index in [-0.39, 0.29) is 17.2 Å². The van der Waals surface area contributed by atoms with Gasteiger partial charge in [-0.15, -0.1) is 11.6 Å². The fourth-order valence-electron chi connectivity index (χ4n) is 1.47. The van der Waals surface area contributed by atoms with Gasteiger partial charge in [-0.1, -0.05) is 11.6 Å². The van der Waals surface area contributed by atoms with Crippen molar-refractivity contribution in [1.82, 2.24) is 4.90 Å². The number of methoxy groups -OCH3 is 1. The first kappa shape index (κ1) is 15.1. The summed E-state index contributed by atoms with van der Waals surface area (Å²) < 4.78 is 4.93. The van der Waals surface area contributed by atoms with Gasteiger partial charge in [0.15, 0.2) is 0 Å². The van der Waals surface area contributed by atoms with Crippen molar-refractivity contribution in [3.63, 3.8) is 0 Å². The monoisotopic (exact) mass is 291 g/mol. The van der Waals surface area contributed by atoms with E-state index in [1.54, 1.807) is 13.2 Å². The predicted octanol–water partition coefficient (Wildman–Crippen LogP) is 2.37. The number of alkyl halides is 1. The molecule has 0 aromatic heterocycles. The van der Waals surface area contributed by atoms with Gasteiger partial charge in [0.25, 0.3) is 5.91 Å². The number of ether oxygens (including phenoxy) is 1. The summed E-state index contributed by atoms with van der Waals surface area (Å²) in [5, 5.41) is 10.1. The van der Waals surface area contributed by atoms with E-state index in [1.807, 2.05) is 0 Å². The summed E-state index contributed by atoms with van der Waals surface area (Å²) in [5.41, 5.74) is 0.209. The Balaban J connectivity index is 2.87. The van der Waals surface area contributed by atoms with Crippen LogP contribution in [-0.4, -0.2) is 48.6 Å². The third-order valence-electron chi connectivity index (χ3n) is 2.40. The highest BCUT2D eigenvalue weighted by molar-refractivity contribution is 6.30. The highest BCUT2D eigenvalue weighted by atomic mass is 35.5. The molecule has 0 aliphatic heterocycles. The molecule has 0 saturated carbocycles. The molecule has 0 bridgehead atoms. The molecule has 0 spiro atoms. The lowest BCUT2D eigenvalue weighted by Gasteiger charge is -2.21. The van der Waals surface area contributed by atoms with Crippen molar-refractivity contribution in [3.05, 3.63) is 28.8 Å². The van der Waals surface area contributed by atoms with Crippen molar-refractivity contribution in [2.75, 3.05) is 32.7 Å². The lowest BCUT2D eigenvalue weighted by molar-refractivity contribution is 0.0705. The summed E-state index contributed by atoms with van der Waals surface area (Å²) in [6, 6.07) is 4.39. The number of rotatable bonds is 6. The molecule has 1 aromatic carbocycles. The standard InChI is InChI=1S/C12H15Cl2NO3/c1-18-7-6-15(5-4-13)12(17)10-3-2-9(14)8-11(10)16/h2-3,8,16H,4-7H2,1H3. The predicted molar refractivity (Wildman–Crippen MR) is 71.6 cm³/mol. The minimum absolute atomic E-state index is 0.135. The first-order valence-corrected chi connectivity index (χ1v) is 6.34. The van der Waals surface area contributed by atoms with Gasteiger partial charge >= 0.3 is 0 Å². The normalized spacial score (nSPS) is 10.4. The van der Waals surface area contributed by atoms with Crippen LogP contribution in [0.1, 0.15) is 10.4 Å². The number of hydrogen-bond acceptors (Lipinski definition) is 3. The first-order chi connectivity index (χ1) is 8.60. The van der Waals surface area contributed by atoms with Gasteiger partial charge in [-0.05, 0) is 18.2 Å². The number of aromatic hydroxyl groups is 1. The van der Waals surface area contributed by atoms with E-state index in [0.29, 0.717) is 30.6 Å². The van der Waals surface area contributed by atoms with E-state index in [9.17, 15) is 9.90 Å². The van der Waals surface area contributed by atoms with E-state index in [0.717, 1.165) is 0 Å². The molecule has 1 amide bonds. The average Bonchev–Trinajstić information content (AvgIpc) is 2.33. The minimum Gasteiger partial charge on any atom is -0.507 e. The molecule has 1 aromatic rings. The van der Waals surface area contributed by atoms with E-state index in [1.165, 1.54) is 17.0 Å². The van der Waals surface area contributed by atoms with Crippen LogP contribution >= 0.6 is 23.2 Å². The van der Waals surface area contributed by atoms with E-state index >= 15 is 0 Å². The maximum Gasteiger partial charge on any atom is 0.257 e. The third kappa shape index (κ3) is 4.05. The summed E-state index contributed by atoms with van der Waals surface area (Å²) in [7, 11) is 1.56. The molecule has 6 heteroatoms. The lowest BCUT2D eigenvalue weighted by Crippen LogP contribution is -2.35. The largest absolute Gasteiger partial charge is 0.507 e. The molecule has 1 N–H and O–H groups in total. The number of hydrogen-bond donors (Lipinski definition) is 1. The third-order valence-corrected chi connectivity index (χ3v) is 2.80. The Bertz CT molecular complexity index is 412. The molecule has 0 atom stereocenters. The summed E-state index contributed by atoms with van der Waals surface area (Å²) in [5.74, 6) is -0.101. The Morgan fingerprint density at radius 1 is 1.44 bits per heavy atom. The second-order valence-corrected chi connectivity index (χ2v) is 4.45. The number of amides is 1. The molecule has 0 unspecified atom stereocenters. The number of phenols is 1. The minimum atomic E-state index is -0.290. The van der Waals surface area contributed by atoms with Gasteiger partial charge in [-0.2, -0.15) is 0 Å². The summed E-state index contributed by atoms with van der Waals surface area (Å²) in [6.45, 7) is 1.23. The molecule has 0 aliphatic rings. The highest BCUT2D eigenvalue weighted by Crippen LogP contribution is 2.23. The van der Waals surface area contributed by atoms with Gasteiger partial charge in [-0.3, -0.25) is 4.79 Å². The van der Waals surface area contributed by atoms with Gasteiger partial charge < -0.3 is 14.7 Å². The van der Waals surface area contributed by atoms with Crippen LogP contribution in [-0.2, 0) is 4.74 Å². The van der Waals surface area contributed by atoms with Crippen LogP contribution in [0.3, 0.4) is 0 Å². The number of carbonyl (C=O) groups excluding carboxylic acids is 1. The van der Waals surface area contributed by atoms with Crippen molar-refractivity contribution in [1.29, 1.82) is 0 Å². The SMILES string of the molecule is COCCN(CCCl)C(=O)c1ccc(Cl)cc1O. The summed E-state index contributed by atoms with van der Waals surface area (Å²) >= 11 is 11.4. The Morgan fingerprint density at radius 3 is 2.72 bits per heavy atom. The maximum atomic E-state index is 12.2. The lowest BCUT2D eigenvalue weighted by atomic mass is 10.1. The van der Waals surface area contributed by atoms with E-state index < -0.39 is 0 Å². The van der Waals surface area contributed by atoms with Gasteiger partial charge in [0, 0.05) is 31.1 Å². The molecular weight excluding hydrogens is 277 g/mol. The first-order valence-electron chi connectivity index (χ1n) is 5.42. The van der Waals surface area contributed by atoms with Crippen LogP contribution in [0.2, 0.25) is 5.02 Å². The fraction of sp³-hybridized carbons (Fsp3) is 0.417. The number of halogens is 2. The van der Waals surface area contributed by atoms with Crippen LogP contribution in [0.4, 0.5) is 0 Å². The molecule has 0 heterocycles. The van der Waals surface area contributed by atoms with Gasteiger partial charge in [0.05, 0.1) is 12.2 Å². The molecule has 100 valence electrons. The Hall–Kier alpha value is -0.970. The topological polar surface area (TPSA) is 49.8 Å². The number of carbonyl (C=O) groups is 1. The second kappa shape index (κ2) is 7.46. The molecule has 0 fully saturated rings. The van der Waals surface area contributed by atoms with Crippen LogP contribution in [0.15, 0.2) is 18.2 Å². The van der Waals surface area contributed by atoms with Crippen molar-refractivity contribution < 1.29 is 14.6 Å². The van der Waals surface area contributed by atoms with Gasteiger partial charge in [-0.25, -0.2) is 0 Å². The highest BCUT2D eigenvalue weighted by Gasteiger charge is 2.18. The zero-order valence-electron chi connectivity index (χ0n) is 10.0. The molecule has 1 rings (SSSR count). The summed E-state index contributed by atoms with van der Waals surface area (Å²) in [6.07, 6.45) is 0. The summed E-state index contributed by atoms with van der Waals surface area (Å²) in [4.78, 5) is 13.7. The van der Waals surface area contributed by atoms with Gasteiger partial charge in [0.1, 0.15) is 5.75 Å². The van der Waals surface area contributed by atoms with Crippen LogP contribution in [0.5, 0.6) is 5.75 Å².